The molecule has 4 rings (SSSR count). The zero-order valence-corrected chi connectivity index (χ0v) is 14.4. The summed E-state index contributed by atoms with van der Waals surface area (Å²) in [7, 11) is 0. The fraction of sp³-hybridized carbons (Fsp3) is 0.0952. The predicted octanol–water partition coefficient (Wildman–Crippen LogP) is 4.02. The third-order valence-corrected chi connectivity index (χ3v) is 4.68. The normalized spacial score (nSPS) is 18.6. The van der Waals surface area contributed by atoms with E-state index >= 15 is 0 Å². The van der Waals surface area contributed by atoms with Crippen molar-refractivity contribution in [3.05, 3.63) is 88.8 Å². The molecule has 6 heteroatoms. The van der Waals surface area contributed by atoms with Crippen LogP contribution >= 0.6 is 0 Å². The van der Waals surface area contributed by atoms with Crippen molar-refractivity contribution in [3.63, 3.8) is 0 Å². The number of hydroxylamine groups is 2. The molecule has 0 amide bonds. The van der Waals surface area contributed by atoms with E-state index in [-0.39, 0.29) is 11.3 Å². The van der Waals surface area contributed by atoms with Gasteiger partial charge in [0.25, 0.3) is 0 Å². The zero-order valence-electron chi connectivity index (χ0n) is 14.4. The van der Waals surface area contributed by atoms with Crippen molar-refractivity contribution in [1.29, 1.82) is 0 Å². The molecule has 2 aliphatic rings. The zero-order chi connectivity index (χ0) is 19.1. The quantitative estimate of drug-likeness (QED) is 0.875. The molecule has 1 atom stereocenters. The number of benzene rings is 2. The molecular weight excluding hydrogens is 350 g/mol. The highest BCUT2D eigenvalue weighted by Crippen LogP contribution is 2.42. The van der Waals surface area contributed by atoms with Crippen molar-refractivity contribution in [2.24, 2.45) is 10.9 Å². The lowest BCUT2D eigenvalue weighted by molar-refractivity contribution is -0.268. The van der Waals surface area contributed by atoms with Gasteiger partial charge >= 0.3 is 0 Å². The summed E-state index contributed by atoms with van der Waals surface area (Å²) in [4.78, 5) is 4.40. The van der Waals surface area contributed by atoms with Crippen molar-refractivity contribution in [2.45, 2.75) is 6.92 Å². The van der Waals surface area contributed by atoms with Gasteiger partial charge in [0.05, 0.1) is 11.4 Å². The average molecular weight is 365 g/mol. The van der Waals surface area contributed by atoms with E-state index in [1.165, 1.54) is 36.7 Å². The summed E-state index contributed by atoms with van der Waals surface area (Å²) < 4.78 is 27.6. The van der Waals surface area contributed by atoms with Crippen LogP contribution in [0.5, 0.6) is 5.75 Å². The third-order valence-electron chi connectivity index (χ3n) is 4.68. The molecule has 4 nitrogen and oxygen atoms in total. The van der Waals surface area contributed by atoms with Crippen molar-refractivity contribution >= 4 is 17.5 Å². The Kier molecular flexibility index (Phi) is 4.12. The first-order chi connectivity index (χ1) is 13.0. The highest BCUT2D eigenvalue weighted by molar-refractivity contribution is 5.93. The topological polar surface area (TPSA) is 58.9 Å². The van der Waals surface area contributed by atoms with Gasteiger partial charge in [-0.05, 0) is 36.3 Å². The van der Waals surface area contributed by atoms with E-state index in [9.17, 15) is 19.1 Å². The highest BCUT2D eigenvalue weighted by Gasteiger charge is 2.30. The maximum Gasteiger partial charge on any atom is 0.133 e. The van der Waals surface area contributed by atoms with E-state index in [0.29, 0.717) is 28.1 Å². The van der Waals surface area contributed by atoms with Crippen LogP contribution in [0.25, 0.3) is 11.3 Å². The first-order valence-corrected chi connectivity index (χ1v) is 8.34. The van der Waals surface area contributed by atoms with Crippen LogP contribution in [0.3, 0.4) is 0 Å². The van der Waals surface area contributed by atoms with Gasteiger partial charge in [-0.25, -0.2) is 13.8 Å². The molecule has 2 aromatic rings. The van der Waals surface area contributed by atoms with E-state index in [1.54, 1.807) is 25.1 Å². The molecule has 0 saturated heterocycles. The van der Waals surface area contributed by atoms with Crippen LogP contribution in [-0.2, 0) is 0 Å². The molecule has 0 bridgehead atoms. The number of fused-ring (bicyclic) bond motifs is 1. The molecule has 0 spiro atoms. The van der Waals surface area contributed by atoms with E-state index in [4.69, 9.17) is 0 Å². The van der Waals surface area contributed by atoms with Crippen LogP contribution < -0.4 is 5.11 Å². The van der Waals surface area contributed by atoms with Crippen LogP contribution in [0, 0.1) is 24.5 Å². The smallest absolute Gasteiger partial charge is 0.133 e. The summed E-state index contributed by atoms with van der Waals surface area (Å²) in [6.45, 7) is 1.77. The van der Waals surface area contributed by atoms with E-state index < -0.39 is 17.6 Å². The van der Waals surface area contributed by atoms with Gasteiger partial charge in [-0.1, -0.05) is 24.3 Å². The van der Waals surface area contributed by atoms with Crippen LogP contribution in [0.2, 0.25) is 0 Å². The SMILES string of the molecule is Cc1cc([O-])ccc1C1=C2N=CC=C(c3ccc(F)cc3F)C2C=CN1O. The minimum Gasteiger partial charge on any atom is -0.872 e. The van der Waals surface area contributed by atoms with E-state index in [0.717, 1.165) is 11.1 Å². The fourth-order valence-corrected chi connectivity index (χ4v) is 3.44. The molecule has 2 aromatic carbocycles. The van der Waals surface area contributed by atoms with Gasteiger partial charge < -0.3 is 5.11 Å². The summed E-state index contributed by atoms with van der Waals surface area (Å²) in [6, 6.07) is 7.97. The van der Waals surface area contributed by atoms with Gasteiger partial charge in [-0.3, -0.25) is 10.2 Å². The lowest BCUT2D eigenvalue weighted by Gasteiger charge is -2.31. The Balaban J connectivity index is 1.86. The largest absolute Gasteiger partial charge is 0.872 e. The Bertz CT molecular complexity index is 1050. The Morgan fingerprint density at radius 1 is 1.11 bits per heavy atom. The van der Waals surface area contributed by atoms with Gasteiger partial charge in [-0.15, -0.1) is 5.75 Å². The van der Waals surface area contributed by atoms with Crippen molar-refractivity contribution in [1.82, 2.24) is 5.06 Å². The number of dihydropyridines is 1. The Hall–Kier alpha value is -3.25. The molecule has 0 radical (unpaired) electrons. The second-order valence-corrected chi connectivity index (χ2v) is 6.40. The molecule has 136 valence electrons. The number of halogens is 2. The molecule has 0 saturated carbocycles. The number of aliphatic imine (C=N–C) groups is 1. The molecule has 1 N–H and O–H groups in total. The van der Waals surface area contributed by atoms with Crippen molar-refractivity contribution in [2.75, 3.05) is 0 Å². The summed E-state index contributed by atoms with van der Waals surface area (Å²) in [5, 5.41) is 22.9. The molecule has 27 heavy (non-hydrogen) atoms. The van der Waals surface area contributed by atoms with Crippen molar-refractivity contribution in [3.8, 4) is 5.75 Å². The first kappa shape index (κ1) is 17.2. The van der Waals surface area contributed by atoms with Crippen LogP contribution in [0.15, 0.2) is 65.4 Å². The summed E-state index contributed by atoms with van der Waals surface area (Å²) in [6.07, 6.45) is 6.35. The van der Waals surface area contributed by atoms with Crippen molar-refractivity contribution < 1.29 is 19.1 Å². The monoisotopic (exact) mass is 365 g/mol. The number of allylic oxidation sites excluding steroid dienone is 2. The minimum absolute atomic E-state index is 0.129. The van der Waals surface area contributed by atoms with Crippen LogP contribution in [-0.4, -0.2) is 16.5 Å². The number of aryl methyl sites for hydroxylation is 1. The molecule has 0 aromatic heterocycles. The van der Waals surface area contributed by atoms with Gasteiger partial charge in [0.15, 0.2) is 0 Å². The standard InChI is InChI=1S/C21H16F2N2O2/c1-12-10-14(26)3-5-15(12)21-20-18(7-9-25(21)27)16(6-8-24-20)17-4-2-13(22)11-19(17)23/h2-11,18,26-27H,1H3/p-1. The first-order valence-electron chi connectivity index (χ1n) is 8.34. The maximum atomic E-state index is 14.3. The number of hydrogen-bond donors (Lipinski definition) is 1. The number of nitrogens with zero attached hydrogens (tertiary/aromatic N) is 2. The lowest BCUT2D eigenvalue weighted by atomic mass is 9.84. The Morgan fingerprint density at radius 3 is 2.63 bits per heavy atom. The Labute approximate surface area is 154 Å². The molecule has 2 aliphatic heterocycles. The van der Waals surface area contributed by atoms with Crippen LogP contribution in [0.4, 0.5) is 8.78 Å². The molecular formula is C21H15F2N2O2-. The second-order valence-electron chi connectivity index (χ2n) is 6.40. The fourth-order valence-electron chi connectivity index (χ4n) is 3.44. The van der Waals surface area contributed by atoms with E-state index in [1.807, 2.05) is 0 Å². The van der Waals surface area contributed by atoms with Gasteiger partial charge in [-0.2, -0.15) is 0 Å². The molecule has 2 heterocycles. The number of hydrogen-bond acceptors (Lipinski definition) is 4. The summed E-state index contributed by atoms with van der Waals surface area (Å²) in [5.74, 6) is -1.86. The minimum atomic E-state index is -0.663. The third kappa shape index (κ3) is 2.94. The van der Waals surface area contributed by atoms with Gasteiger partial charge in [0.1, 0.15) is 11.6 Å². The van der Waals surface area contributed by atoms with Gasteiger partial charge in [0.2, 0.25) is 0 Å². The van der Waals surface area contributed by atoms with Gasteiger partial charge in [0, 0.05) is 35.5 Å². The number of rotatable bonds is 2. The predicted molar refractivity (Wildman–Crippen MR) is 96.6 cm³/mol. The maximum absolute atomic E-state index is 14.3. The summed E-state index contributed by atoms with van der Waals surface area (Å²) in [5.41, 5.74) is 3.16. The Morgan fingerprint density at radius 2 is 1.89 bits per heavy atom. The summed E-state index contributed by atoms with van der Waals surface area (Å²) >= 11 is 0. The molecule has 0 fully saturated rings. The highest BCUT2D eigenvalue weighted by atomic mass is 19.1. The van der Waals surface area contributed by atoms with E-state index in [2.05, 4.69) is 4.99 Å². The molecule has 1 unspecified atom stereocenters. The second kappa shape index (κ2) is 6.48. The molecule has 0 aliphatic carbocycles. The van der Waals surface area contributed by atoms with Crippen LogP contribution in [0.1, 0.15) is 16.7 Å². The average Bonchev–Trinajstić information content (AvgIpc) is 2.62. The lowest BCUT2D eigenvalue weighted by Crippen LogP contribution is -2.23.